The molecule has 23 heavy (non-hydrogen) atoms. The Balaban J connectivity index is 1.86. The van der Waals surface area contributed by atoms with E-state index < -0.39 is 5.91 Å². The summed E-state index contributed by atoms with van der Waals surface area (Å²) in [6.45, 7) is -0.190. The largest absolute Gasteiger partial charge is 0.496 e. The molecule has 0 saturated heterocycles. The molecule has 2 aromatic rings. The zero-order valence-corrected chi connectivity index (χ0v) is 14.6. The molecule has 1 N–H and O–H groups in total. The van der Waals surface area contributed by atoms with Gasteiger partial charge in [0.2, 0.25) is 0 Å². The minimum absolute atomic E-state index is 0.190. The fourth-order valence-corrected chi connectivity index (χ4v) is 2.44. The first-order valence-electron chi connectivity index (χ1n) is 6.63. The number of hydrogen-bond donors (Lipinski definition) is 1. The number of benzene rings is 2. The Labute approximate surface area is 147 Å². The maximum absolute atomic E-state index is 11.7. The van der Waals surface area contributed by atoms with Crippen molar-refractivity contribution in [2.45, 2.75) is 0 Å². The van der Waals surface area contributed by atoms with Crippen LogP contribution in [0.4, 0.5) is 0 Å². The molecule has 0 aliphatic heterocycles. The van der Waals surface area contributed by atoms with Gasteiger partial charge in [0, 0.05) is 10.0 Å². The predicted octanol–water partition coefficient (Wildman–Crippen LogP) is 3.64. The number of carbonyl (C=O) groups excluding carboxylic acids is 1. The van der Waals surface area contributed by atoms with Gasteiger partial charge in [-0.25, -0.2) is 5.43 Å². The third-order valence-corrected chi connectivity index (χ3v) is 3.57. The lowest BCUT2D eigenvalue weighted by Crippen LogP contribution is -2.24. The van der Waals surface area contributed by atoms with Crippen molar-refractivity contribution in [2.75, 3.05) is 13.7 Å². The molecule has 0 radical (unpaired) electrons. The lowest BCUT2D eigenvalue weighted by atomic mass is 10.2. The molecule has 0 bridgehead atoms. The molecule has 0 spiro atoms. The average Bonchev–Trinajstić information content (AvgIpc) is 2.54. The molecular weight excluding hydrogens is 384 g/mol. The number of methoxy groups -OCH3 is 1. The van der Waals surface area contributed by atoms with Crippen molar-refractivity contribution in [1.82, 2.24) is 5.43 Å². The molecule has 0 aliphatic carbocycles. The van der Waals surface area contributed by atoms with E-state index in [1.54, 1.807) is 25.3 Å². The summed E-state index contributed by atoms with van der Waals surface area (Å²) in [6, 6.07) is 12.5. The zero-order valence-electron chi connectivity index (χ0n) is 12.3. The van der Waals surface area contributed by atoms with Crippen molar-refractivity contribution in [3.63, 3.8) is 0 Å². The van der Waals surface area contributed by atoms with Crippen LogP contribution in [0.3, 0.4) is 0 Å². The molecule has 0 fully saturated rings. The van der Waals surface area contributed by atoms with Crippen LogP contribution in [0.1, 0.15) is 5.56 Å². The van der Waals surface area contributed by atoms with Crippen molar-refractivity contribution in [3.05, 3.63) is 57.5 Å². The van der Waals surface area contributed by atoms with Gasteiger partial charge in [-0.15, -0.1) is 0 Å². The lowest BCUT2D eigenvalue weighted by molar-refractivity contribution is -0.123. The Morgan fingerprint density at radius 1 is 1.30 bits per heavy atom. The smallest absolute Gasteiger partial charge is 0.277 e. The number of hydrogen-bond acceptors (Lipinski definition) is 4. The van der Waals surface area contributed by atoms with Crippen molar-refractivity contribution < 1.29 is 14.3 Å². The molecule has 0 heterocycles. The van der Waals surface area contributed by atoms with Crippen LogP contribution in [-0.4, -0.2) is 25.8 Å². The summed E-state index contributed by atoms with van der Waals surface area (Å²) in [5, 5.41) is 4.29. The van der Waals surface area contributed by atoms with E-state index in [9.17, 15) is 4.79 Å². The van der Waals surface area contributed by atoms with Gasteiger partial charge in [-0.3, -0.25) is 4.79 Å². The van der Waals surface area contributed by atoms with E-state index in [0.29, 0.717) is 16.5 Å². The molecule has 2 rings (SSSR count). The van der Waals surface area contributed by atoms with E-state index in [1.165, 1.54) is 6.21 Å². The van der Waals surface area contributed by atoms with Gasteiger partial charge in [0.05, 0.1) is 18.3 Å². The minimum atomic E-state index is -0.393. The van der Waals surface area contributed by atoms with Gasteiger partial charge < -0.3 is 9.47 Å². The van der Waals surface area contributed by atoms with Gasteiger partial charge in [0.1, 0.15) is 11.5 Å². The van der Waals surface area contributed by atoms with Crippen LogP contribution < -0.4 is 14.9 Å². The Morgan fingerprint density at radius 2 is 2.09 bits per heavy atom. The first-order chi connectivity index (χ1) is 11.1. The maximum atomic E-state index is 11.7. The summed E-state index contributed by atoms with van der Waals surface area (Å²) in [4.78, 5) is 11.7. The first-order valence-corrected chi connectivity index (χ1v) is 7.80. The highest BCUT2D eigenvalue weighted by Crippen LogP contribution is 2.27. The Kier molecular flexibility index (Phi) is 6.43. The van der Waals surface area contributed by atoms with E-state index >= 15 is 0 Å². The first kappa shape index (κ1) is 17.3. The SMILES string of the molecule is COc1ccccc1/C=N/NC(=O)COc1ccc(Br)cc1Cl. The number of hydrazone groups is 1. The second kappa shape index (κ2) is 8.55. The van der Waals surface area contributed by atoms with E-state index in [2.05, 4.69) is 26.5 Å². The van der Waals surface area contributed by atoms with Crippen LogP contribution in [0, 0.1) is 0 Å². The van der Waals surface area contributed by atoms with Crippen LogP contribution in [0.2, 0.25) is 5.02 Å². The fraction of sp³-hybridized carbons (Fsp3) is 0.125. The number of rotatable bonds is 6. The third kappa shape index (κ3) is 5.26. The Morgan fingerprint density at radius 3 is 2.83 bits per heavy atom. The number of halogens is 2. The van der Waals surface area contributed by atoms with E-state index in [-0.39, 0.29) is 6.61 Å². The van der Waals surface area contributed by atoms with Gasteiger partial charge in [0.25, 0.3) is 5.91 Å². The molecular formula is C16H14BrClN2O3. The van der Waals surface area contributed by atoms with Crippen LogP contribution >= 0.6 is 27.5 Å². The molecule has 0 unspecified atom stereocenters. The highest BCUT2D eigenvalue weighted by molar-refractivity contribution is 9.10. The summed E-state index contributed by atoms with van der Waals surface area (Å²) in [6.07, 6.45) is 1.50. The highest BCUT2D eigenvalue weighted by atomic mass is 79.9. The van der Waals surface area contributed by atoms with Gasteiger partial charge in [-0.1, -0.05) is 39.7 Å². The summed E-state index contributed by atoms with van der Waals surface area (Å²) < 4.78 is 11.4. The molecule has 7 heteroatoms. The molecule has 0 atom stereocenters. The molecule has 0 saturated carbocycles. The van der Waals surface area contributed by atoms with Gasteiger partial charge >= 0.3 is 0 Å². The number of nitrogens with one attached hydrogen (secondary N) is 1. The quantitative estimate of drug-likeness (QED) is 0.598. The zero-order chi connectivity index (χ0) is 16.7. The molecule has 2 aromatic carbocycles. The van der Waals surface area contributed by atoms with Crippen LogP contribution in [-0.2, 0) is 4.79 Å². The topological polar surface area (TPSA) is 59.9 Å². The van der Waals surface area contributed by atoms with Crippen molar-refractivity contribution >= 4 is 39.7 Å². The molecule has 120 valence electrons. The van der Waals surface area contributed by atoms with Crippen LogP contribution in [0.25, 0.3) is 0 Å². The number of nitrogens with zero attached hydrogens (tertiary/aromatic N) is 1. The summed E-state index contributed by atoms with van der Waals surface area (Å²) in [7, 11) is 1.57. The van der Waals surface area contributed by atoms with E-state index in [0.717, 1.165) is 10.0 Å². The third-order valence-electron chi connectivity index (χ3n) is 2.78. The summed E-state index contributed by atoms with van der Waals surface area (Å²) >= 11 is 9.30. The average molecular weight is 398 g/mol. The predicted molar refractivity (Wildman–Crippen MR) is 93.4 cm³/mol. The number of para-hydroxylation sites is 1. The summed E-state index contributed by atoms with van der Waals surface area (Å²) in [5.74, 6) is 0.706. The van der Waals surface area contributed by atoms with Crippen LogP contribution in [0.15, 0.2) is 52.0 Å². The number of amides is 1. The summed E-state index contributed by atoms with van der Waals surface area (Å²) in [5.41, 5.74) is 3.14. The van der Waals surface area contributed by atoms with Gasteiger partial charge in [0.15, 0.2) is 6.61 Å². The van der Waals surface area contributed by atoms with Gasteiger partial charge in [-0.05, 0) is 30.3 Å². The molecule has 0 aromatic heterocycles. The fourth-order valence-electron chi connectivity index (χ4n) is 1.71. The van der Waals surface area contributed by atoms with Crippen molar-refractivity contribution in [2.24, 2.45) is 5.10 Å². The molecule has 5 nitrogen and oxygen atoms in total. The monoisotopic (exact) mass is 396 g/mol. The van der Waals surface area contributed by atoms with Crippen LogP contribution in [0.5, 0.6) is 11.5 Å². The minimum Gasteiger partial charge on any atom is -0.496 e. The second-order valence-electron chi connectivity index (χ2n) is 4.40. The number of ether oxygens (including phenoxy) is 2. The molecule has 1 amide bonds. The standard InChI is InChI=1S/C16H14BrClN2O3/c1-22-14-5-3-2-4-11(14)9-19-20-16(21)10-23-15-7-6-12(17)8-13(15)18/h2-9H,10H2,1H3,(H,20,21)/b19-9+. The Hall–Kier alpha value is -2.05. The number of carbonyl (C=O) groups is 1. The van der Waals surface area contributed by atoms with E-state index in [4.69, 9.17) is 21.1 Å². The van der Waals surface area contributed by atoms with E-state index in [1.807, 2.05) is 24.3 Å². The lowest BCUT2D eigenvalue weighted by Gasteiger charge is -2.07. The second-order valence-corrected chi connectivity index (χ2v) is 5.72. The van der Waals surface area contributed by atoms with Crippen molar-refractivity contribution in [1.29, 1.82) is 0 Å². The molecule has 0 aliphatic rings. The van der Waals surface area contributed by atoms with Crippen molar-refractivity contribution in [3.8, 4) is 11.5 Å². The Bertz CT molecular complexity index is 722. The highest BCUT2D eigenvalue weighted by Gasteiger charge is 2.06. The van der Waals surface area contributed by atoms with Gasteiger partial charge in [-0.2, -0.15) is 5.10 Å². The maximum Gasteiger partial charge on any atom is 0.277 e. The normalized spacial score (nSPS) is 10.6.